The van der Waals surface area contributed by atoms with Crippen molar-refractivity contribution in [3.8, 4) is 22.8 Å². The number of benzene rings is 3. The van der Waals surface area contributed by atoms with Gasteiger partial charge in [-0.3, -0.25) is 4.79 Å². The summed E-state index contributed by atoms with van der Waals surface area (Å²) in [4.78, 5) is 12.7. The number of nitrogens with zero attached hydrogens (tertiary/aromatic N) is 2. The molecule has 6 rings (SSSR count). The molecule has 0 saturated heterocycles. The maximum absolute atomic E-state index is 12.7. The highest BCUT2D eigenvalue weighted by atomic mass is 16.5. The molecule has 3 aromatic carbocycles. The minimum Gasteiger partial charge on any atom is -0.457 e. The Bertz CT molecular complexity index is 1590. The first-order valence-corrected chi connectivity index (χ1v) is 13.9. The van der Waals surface area contributed by atoms with Crippen LogP contribution in [0.2, 0.25) is 0 Å². The van der Waals surface area contributed by atoms with Crippen molar-refractivity contribution in [2.24, 2.45) is 5.73 Å². The van der Waals surface area contributed by atoms with Gasteiger partial charge in [0.1, 0.15) is 28.6 Å². The number of amides is 1. The van der Waals surface area contributed by atoms with E-state index in [4.69, 9.17) is 15.6 Å². The number of aryl methyl sites for hydroxylation is 2. The van der Waals surface area contributed by atoms with Crippen LogP contribution >= 0.6 is 0 Å². The zero-order valence-corrected chi connectivity index (χ0v) is 23.3. The minimum atomic E-state index is -0.511. The maximum Gasteiger partial charge on any atom is 0.254 e. The zero-order chi connectivity index (χ0) is 27.9. The monoisotopic (exact) mass is 533 g/mol. The van der Waals surface area contributed by atoms with Crippen molar-refractivity contribution in [3.63, 3.8) is 0 Å². The van der Waals surface area contributed by atoms with E-state index in [9.17, 15) is 4.79 Å². The van der Waals surface area contributed by atoms with Crippen molar-refractivity contribution in [3.05, 3.63) is 95.1 Å². The van der Waals surface area contributed by atoms with Crippen molar-refractivity contribution in [1.82, 2.24) is 15.1 Å². The van der Waals surface area contributed by atoms with Crippen LogP contribution in [0.5, 0.6) is 11.5 Å². The Kier molecular flexibility index (Phi) is 6.68. The Morgan fingerprint density at radius 3 is 2.30 bits per heavy atom. The minimum absolute atomic E-state index is 0.0889. The molecule has 204 valence electrons. The van der Waals surface area contributed by atoms with Crippen molar-refractivity contribution in [1.29, 1.82) is 0 Å². The molecule has 4 aromatic rings. The van der Waals surface area contributed by atoms with Crippen LogP contribution in [0.4, 0.5) is 11.5 Å². The van der Waals surface area contributed by atoms with Gasteiger partial charge in [-0.25, -0.2) is 4.68 Å². The van der Waals surface area contributed by atoms with Crippen LogP contribution in [0.15, 0.2) is 72.8 Å². The number of carbonyl (C=O) groups is 1. The van der Waals surface area contributed by atoms with Gasteiger partial charge in [-0.2, -0.15) is 5.10 Å². The third kappa shape index (κ3) is 5.12. The molecule has 0 unspecified atom stereocenters. The van der Waals surface area contributed by atoms with Gasteiger partial charge in [0.2, 0.25) is 0 Å². The number of nitrogens with two attached hydrogens (primary N) is 1. The second-order valence-electron chi connectivity index (χ2n) is 11.5. The Morgan fingerprint density at radius 1 is 0.950 bits per heavy atom. The fourth-order valence-corrected chi connectivity index (χ4v) is 5.39. The Labute approximate surface area is 235 Å². The lowest BCUT2D eigenvalue weighted by molar-refractivity contribution is 0.100. The average Bonchev–Trinajstić information content (AvgIpc) is 3.21. The van der Waals surface area contributed by atoms with E-state index in [1.807, 2.05) is 41.1 Å². The van der Waals surface area contributed by atoms with E-state index < -0.39 is 5.91 Å². The first-order chi connectivity index (χ1) is 19.3. The van der Waals surface area contributed by atoms with Gasteiger partial charge in [-0.1, -0.05) is 45.0 Å². The van der Waals surface area contributed by atoms with E-state index in [1.54, 1.807) is 0 Å². The first-order valence-electron chi connectivity index (χ1n) is 13.9. The molecule has 7 heteroatoms. The number of hydrogen-bond donors (Lipinski definition) is 3. The molecule has 1 aromatic heterocycles. The third-order valence-corrected chi connectivity index (χ3v) is 7.67. The summed E-state index contributed by atoms with van der Waals surface area (Å²) in [6, 6.07) is 22.3. The smallest absolute Gasteiger partial charge is 0.254 e. The molecule has 1 amide bonds. The Morgan fingerprint density at radius 2 is 1.65 bits per heavy atom. The van der Waals surface area contributed by atoms with Crippen LogP contribution < -0.4 is 21.1 Å². The predicted molar refractivity (Wildman–Crippen MR) is 160 cm³/mol. The number of anilines is 2. The summed E-state index contributed by atoms with van der Waals surface area (Å²) in [7, 11) is 0. The summed E-state index contributed by atoms with van der Waals surface area (Å²) in [5, 5.41) is 11.7. The number of ether oxygens (including phenoxy) is 1. The van der Waals surface area contributed by atoms with Gasteiger partial charge in [-0.05, 0) is 95.6 Å². The van der Waals surface area contributed by atoms with Gasteiger partial charge >= 0.3 is 0 Å². The van der Waals surface area contributed by atoms with Crippen LogP contribution in [0, 0.1) is 0 Å². The number of rotatable bonds is 5. The second kappa shape index (κ2) is 10.3. The van der Waals surface area contributed by atoms with Crippen molar-refractivity contribution >= 4 is 23.0 Å². The van der Waals surface area contributed by atoms with E-state index in [0.717, 1.165) is 42.9 Å². The number of nitrogens with one attached hydrogen (secondary N) is 2. The Hall–Kier alpha value is -4.36. The molecule has 0 fully saturated rings. The van der Waals surface area contributed by atoms with E-state index in [1.165, 1.54) is 22.3 Å². The van der Waals surface area contributed by atoms with E-state index >= 15 is 0 Å². The zero-order valence-electron chi connectivity index (χ0n) is 23.3. The normalized spacial score (nSPS) is 14.8. The number of carbonyl (C=O) groups excluding carboxylic acids is 1. The van der Waals surface area contributed by atoms with Gasteiger partial charge in [-0.15, -0.1) is 0 Å². The third-order valence-electron chi connectivity index (χ3n) is 7.67. The molecule has 0 spiro atoms. The summed E-state index contributed by atoms with van der Waals surface area (Å²) < 4.78 is 7.93. The largest absolute Gasteiger partial charge is 0.457 e. The SMILES string of the molecule is CC(C)(C)c1ccc(Oc2ccc(-c3nn4c(c3C(N)=O)Nc3ccc(C5=CCNCC5)cc3CC4)cc2)cc1. The lowest BCUT2D eigenvalue weighted by Gasteiger charge is -2.19. The standard InChI is InChI=1S/C33H35N5O2/c1-33(2,3)25-7-11-27(12-8-25)40-26-9-4-22(5-10-26)30-29(31(34)39)32-36-28-13-6-23(21-14-17-35-18-15-21)20-24(28)16-19-38(32)37-30/h4-14,20,35-36H,15-19H2,1-3H3,(H2,34,39). The molecule has 7 nitrogen and oxygen atoms in total. The second-order valence-corrected chi connectivity index (χ2v) is 11.5. The first kappa shape index (κ1) is 25.9. The lowest BCUT2D eigenvalue weighted by atomic mass is 9.87. The summed E-state index contributed by atoms with van der Waals surface area (Å²) in [5.41, 5.74) is 13.8. The lowest BCUT2D eigenvalue weighted by Crippen LogP contribution is -2.20. The predicted octanol–water partition coefficient (Wildman–Crippen LogP) is 6.42. The molecule has 0 aliphatic carbocycles. The summed E-state index contributed by atoms with van der Waals surface area (Å²) in [6.07, 6.45) is 4.09. The van der Waals surface area contributed by atoms with Crippen molar-refractivity contribution < 1.29 is 9.53 Å². The molecule has 0 bridgehead atoms. The maximum atomic E-state index is 12.7. The summed E-state index contributed by atoms with van der Waals surface area (Å²) in [5.74, 6) is 1.60. The number of primary amides is 1. The van der Waals surface area contributed by atoms with Gasteiger partial charge in [0.15, 0.2) is 0 Å². The number of fused-ring (bicyclic) bond motifs is 2. The van der Waals surface area contributed by atoms with Gasteiger partial charge in [0, 0.05) is 24.3 Å². The summed E-state index contributed by atoms with van der Waals surface area (Å²) in [6.45, 7) is 9.12. The highest BCUT2D eigenvalue weighted by Crippen LogP contribution is 2.36. The fourth-order valence-electron chi connectivity index (χ4n) is 5.39. The highest BCUT2D eigenvalue weighted by molar-refractivity contribution is 6.04. The molecule has 4 N–H and O–H groups in total. The topological polar surface area (TPSA) is 94.2 Å². The highest BCUT2D eigenvalue weighted by Gasteiger charge is 2.26. The fraction of sp³-hybridized carbons (Fsp3) is 0.273. The van der Waals surface area contributed by atoms with Crippen LogP contribution in [0.25, 0.3) is 16.8 Å². The van der Waals surface area contributed by atoms with Gasteiger partial charge in [0.05, 0.1) is 0 Å². The van der Waals surface area contributed by atoms with Crippen molar-refractivity contribution in [2.45, 2.75) is 45.6 Å². The molecular formula is C33H35N5O2. The molecule has 40 heavy (non-hydrogen) atoms. The van der Waals surface area contributed by atoms with Crippen LogP contribution in [-0.4, -0.2) is 28.8 Å². The number of aromatic nitrogens is 2. The van der Waals surface area contributed by atoms with Gasteiger partial charge < -0.3 is 21.1 Å². The molecule has 0 atom stereocenters. The molecular weight excluding hydrogens is 498 g/mol. The van der Waals surface area contributed by atoms with Crippen LogP contribution in [0.1, 0.15) is 54.2 Å². The van der Waals surface area contributed by atoms with Crippen molar-refractivity contribution in [2.75, 3.05) is 18.4 Å². The van der Waals surface area contributed by atoms with E-state index in [2.05, 4.69) is 67.8 Å². The molecule has 2 aliphatic heterocycles. The summed E-state index contributed by atoms with van der Waals surface area (Å²) >= 11 is 0. The molecule has 3 heterocycles. The van der Waals surface area contributed by atoms with Gasteiger partial charge in [0.25, 0.3) is 5.91 Å². The molecule has 0 radical (unpaired) electrons. The molecule has 0 saturated carbocycles. The number of hydrogen-bond acceptors (Lipinski definition) is 5. The Balaban J connectivity index is 1.25. The van der Waals surface area contributed by atoms with E-state index in [0.29, 0.717) is 29.4 Å². The quantitative estimate of drug-likeness (QED) is 0.275. The average molecular weight is 534 g/mol. The van der Waals surface area contributed by atoms with E-state index in [-0.39, 0.29) is 5.41 Å². The van der Waals surface area contributed by atoms with Crippen LogP contribution in [0.3, 0.4) is 0 Å². The molecule has 2 aliphatic rings. The van der Waals surface area contributed by atoms with Crippen LogP contribution in [-0.2, 0) is 18.4 Å².